The van der Waals surface area contributed by atoms with Gasteiger partial charge in [-0.25, -0.2) is 4.68 Å². The fraction of sp³-hybridized carbons (Fsp3) is 0.136. The fourth-order valence-electron chi connectivity index (χ4n) is 2.44. The van der Waals surface area contributed by atoms with Crippen molar-refractivity contribution in [1.29, 1.82) is 0 Å². The van der Waals surface area contributed by atoms with E-state index < -0.39 is 5.91 Å². The molecule has 3 rings (SSSR count). The molecular weight excluding hydrogens is 354 g/mol. The van der Waals surface area contributed by atoms with Crippen LogP contribution in [0.2, 0.25) is 0 Å². The Hall–Kier alpha value is -3.69. The molecule has 1 heterocycles. The molecule has 0 radical (unpaired) electrons. The topological polar surface area (TPSA) is 73.2 Å². The summed E-state index contributed by atoms with van der Waals surface area (Å²) in [5.41, 5.74) is 2.16. The molecule has 0 saturated carbocycles. The Morgan fingerprint density at radius 1 is 1.04 bits per heavy atom. The Morgan fingerprint density at radius 2 is 1.79 bits per heavy atom. The number of rotatable bonds is 5. The molecule has 0 fully saturated rings. The number of ether oxygens (including phenoxy) is 1. The van der Waals surface area contributed by atoms with Crippen LogP contribution < -0.4 is 10.9 Å². The van der Waals surface area contributed by atoms with Gasteiger partial charge in [0.1, 0.15) is 5.69 Å². The SMILES string of the molecule is COCCn1nc(C(=O)Nc2cccc(C#Cc3ccccc3)c2)ccc1=O. The number of benzene rings is 2. The smallest absolute Gasteiger partial charge is 0.276 e. The van der Waals surface area contributed by atoms with Gasteiger partial charge in [-0.05, 0) is 36.4 Å². The predicted octanol–water partition coefficient (Wildman–Crippen LogP) is 2.54. The molecule has 0 spiro atoms. The van der Waals surface area contributed by atoms with Crippen LogP contribution in [0.25, 0.3) is 0 Å². The number of nitrogens with one attached hydrogen (secondary N) is 1. The Labute approximate surface area is 162 Å². The lowest BCUT2D eigenvalue weighted by molar-refractivity contribution is 0.101. The van der Waals surface area contributed by atoms with Gasteiger partial charge in [0.15, 0.2) is 0 Å². The Morgan fingerprint density at radius 3 is 2.57 bits per heavy atom. The molecule has 0 saturated heterocycles. The van der Waals surface area contributed by atoms with Crippen LogP contribution in [0.1, 0.15) is 21.6 Å². The summed E-state index contributed by atoms with van der Waals surface area (Å²) >= 11 is 0. The molecule has 1 aromatic heterocycles. The first-order valence-electron chi connectivity index (χ1n) is 8.71. The van der Waals surface area contributed by atoms with Gasteiger partial charge in [-0.1, -0.05) is 36.1 Å². The molecule has 1 amide bonds. The molecule has 140 valence electrons. The Bertz CT molecular complexity index is 1080. The number of carbonyl (C=O) groups is 1. The van der Waals surface area contributed by atoms with Gasteiger partial charge >= 0.3 is 0 Å². The number of nitrogens with zero attached hydrogens (tertiary/aromatic N) is 2. The van der Waals surface area contributed by atoms with E-state index in [0.717, 1.165) is 11.1 Å². The summed E-state index contributed by atoms with van der Waals surface area (Å²) in [5.74, 6) is 5.76. The molecule has 0 atom stereocenters. The van der Waals surface area contributed by atoms with E-state index in [0.29, 0.717) is 12.3 Å². The number of carbonyl (C=O) groups excluding carboxylic acids is 1. The zero-order chi connectivity index (χ0) is 19.8. The van der Waals surface area contributed by atoms with Crippen molar-refractivity contribution in [3.63, 3.8) is 0 Å². The van der Waals surface area contributed by atoms with Gasteiger partial charge in [0.25, 0.3) is 11.5 Å². The van der Waals surface area contributed by atoms with Gasteiger partial charge in [-0.15, -0.1) is 0 Å². The summed E-state index contributed by atoms with van der Waals surface area (Å²) in [6, 6.07) is 19.6. The molecule has 6 heteroatoms. The van der Waals surface area contributed by atoms with Crippen LogP contribution in [0.5, 0.6) is 0 Å². The number of aromatic nitrogens is 2. The van der Waals surface area contributed by atoms with E-state index in [2.05, 4.69) is 22.3 Å². The Balaban J connectivity index is 1.74. The third kappa shape index (κ3) is 5.16. The van der Waals surface area contributed by atoms with Crippen LogP contribution in [0.15, 0.2) is 71.5 Å². The van der Waals surface area contributed by atoms with Crippen LogP contribution in [0.3, 0.4) is 0 Å². The molecule has 0 aliphatic rings. The van der Waals surface area contributed by atoms with E-state index in [4.69, 9.17) is 4.74 Å². The molecular formula is C22H19N3O3. The summed E-state index contributed by atoms with van der Waals surface area (Å²) in [5, 5.41) is 6.87. The number of methoxy groups -OCH3 is 1. The maximum atomic E-state index is 12.5. The first-order valence-corrected chi connectivity index (χ1v) is 8.71. The lowest BCUT2D eigenvalue weighted by Gasteiger charge is -2.08. The largest absolute Gasteiger partial charge is 0.383 e. The molecule has 0 unspecified atom stereocenters. The highest BCUT2D eigenvalue weighted by Crippen LogP contribution is 2.11. The van der Waals surface area contributed by atoms with Crippen molar-refractivity contribution in [3.8, 4) is 11.8 Å². The van der Waals surface area contributed by atoms with Gasteiger partial charge in [-0.2, -0.15) is 5.10 Å². The maximum absolute atomic E-state index is 12.5. The predicted molar refractivity (Wildman–Crippen MR) is 107 cm³/mol. The monoisotopic (exact) mass is 373 g/mol. The summed E-state index contributed by atoms with van der Waals surface area (Å²) in [7, 11) is 1.54. The maximum Gasteiger partial charge on any atom is 0.276 e. The lowest BCUT2D eigenvalue weighted by Crippen LogP contribution is -2.27. The van der Waals surface area contributed by atoms with Crippen LogP contribution >= 0.6 is 0 Å². The zero-order valence-corrected chi connectivity index (χ0v) is 15.4. The van der Waals surface area contributed by atoms with Crippen molar-refractivity contribution in [3.05, 3.63) is 93.9 Å². The highest BCUT2D eigenvalue weighted by atomic mass is 16.5. The van der Waals surface area contributed by atoms with E-state index in [1.807, 2.05) is 42.5 Å². The van der Waals surface area contributed by atoms with Crippen molar-refractivity contribution in [2.24, 2.45) is 0 Å². The normalized spacial score (nSPS) is 10.0. The van der Waals surface area contributed by atoms with Crippen molar-refractivity contribution in [2.45, 2.75) is 6.54 Å². The van der Waals surface area contributed by atoms with Crippen molar-refractivity contribution >= 4 is 11.6 Å². The quantitative estimate of drug-likeness (QED) is 0.698. The third-order valence-electron chi connectivity index (χ3n) is 3.85. The summed E-state index contributed by atoms with van der Waals surface area (Å²) in [6.07, 6.45) is 0. The Kier molecular flexibility index (Phi) is 6.34. The van der Waals surface area contributed by atoms with Gasteiger partial charge in [0.2, 0.25) is 0 Å². The van der Waals surface area contributed by atoms with Crippen molar-refractivity contribution in [2.75, 3.05) is 19.0 Å². The van der Waals surface area contributed by atoms with Crippen molar-refractivity contribution in [1.82, 2.24) is 9.78 Å². The van der Waals surface area contributed by atoms with E-state index in [-0.39, 0.29) is 17.8 Å². The van der Waals surface area contributed by atoms with Crippen LogP contribution in [-0.4, -0.2) is 29.4 Å². The first kappa shape index (κ1) is 19.1. The van der Waals surface area contributed by atoms with Gasteiger partial charge in [0, 0.05) is 30.0 Å². The second kappa shape index (κ2) is 9.31. The highest BCUT2D eigenvalue weighted by molar-refractivity contribution is 6.02. The van der Waals surface area contributed by atoms with Gasteiger partial charge in [0.05, 0.1) is 13.2 Å². The van der Waals surface area contributed by atoms with E-state index >= 15 is 0 Å². The van der Waals surface area contributed by atoms with Gasteiger partial charge in [-0.3, -0.25) is 9.59 Å². The number of amides is 1. The molecule has 0 bridgehead atoms. The second-order valence-corrected chi connectivity index (χ2v) is 5.92. The minimum atomic E-state index is -0.403. The van der Waals surface area contributed by atoms with Crippen LogP contribution in [0, 0.1) is 11.8 Å². The fourth-order valence-corrected chi connectivity index (χ4v) is 2.44. The molecule has 3 aromatic rings. The average Bonchev–Trinajstić information content (AvgIpc) is 2.72. The summed E-state index contributed by atoms with van der Waals surface area (Å²) in [4.78, 5) is 24.3. The molecule has 1 N–H and O–H groups in total. The van der Waals surface area contributed by atoms with E-state index in [1.54, 1.807) is 12.1 Å². The third-order valence-corrected chi connectivity index (χ3v) is 3.85. The van der Waals surface area contributed by atoms with Crippen molar-refractivity contribution < 1.29 is 9.53 Å². The van der Waals surface area contributed by atoms with E-state index in [9.17, 15) is 9.59 Å². The highest BCUT2D eigenvalue weighted by Gasteiger charge is 2.10. The second-order valence-electron chi connectivity index (χ2n) is 5.92. The van der Waals surface area contributed by atoms with Crippen LogP contribution in [-0.2, 0) is 11.3 Å². The number of hydrogen-bond donors (Lipinski definition) is 1. The first-order chi connectivity index (χ1) is 13.7. The molecule has 0 aliphatic heterocycles. The summed E-state index contributed by atoms with van der Waals surface area (Å²) in [6.45, 7) is 0.612. The standard InChI is InChI=1S/C22H19N3O3/c1-28-15-14-25-21(26)13-12-20(24-25)22(27)23-19-9-5-8-18(16-19)11-10-17-6-3-2-4-7-17/h2-9,12-13,16H,14-15H2,1H3,(H,23,27). The van der Waals surface area contributed by atoms with E-state index in [1.165, 1.54) is 23.9 Å². The van der Waals surface area contributed by atoms with Gasteiger partial charge < -0.3 is 10.1 Å². The molecule has 2 aromatic carbocycles. The van der Waals surface area contributed by atoms with Crippen LogP contribution in [0.4, 0.5) is 5.69 Å². The molecule has 0 aliphatic carbocycles. The number of hydrogen-bond acceptors (Lipinski definition) is 4. The minimum absolute atomic E-state index is 0.150. The molecule has 28 heavy (non-hydrogen) atoms. The lowest BCUT2D eigenvalue weighted by atomic mass is 10.1. The molecule has 6 nitrogen and oxygen atoms in total. The average molecular weight is 373 g/mol. The zero-order valence-electron chi connectivity index (χ0n) is 15.4. The minimum Gasteiger partial charge on any atom is -0.383 e. The summed E-state index contributed by atoms with van der Waals surface area (Å²) < 4.78 is 6.16. The number of anilines is 1.